The lowest BCUT2D eigenvalue weighted by atomic mass is 9.98. The van der Waals surface area contributed by atoms with Gasteiger partial charge in [0.2, 0.25) is 5.82 Å². The fourth-order valence-corrected chi connectivity index (χ4v) is 8.28. The highest BCUT2D eigenvalue weighted by atomic mass is 15.1. The molecule has 0 aliphatic rings. The molecule has 0 fully saturated rings. The summed E-state index contributed by atoms with van der Waals surface area (Å²) in [7, 11) is 0. The van der Waals surface area contributed by atoms with Crippen LogP contribution in [0.25, 0.3) is 101 Å². The summed E-state index contributed by atoms with van der Waals surface area (Å²) in [6.45, 7) is 0. The van der Waals surface area contributed by atoms with Crippen molar-refractivity contribution in [3.63, 3.8) is 0 Å². The zero-order valence-corrected chi connectivity index (χ0v) is 32.5. The Bertz CT molecular complexity index is 3050. The summed E-state index contributed by atoms with van der Waals surface area (Å²) in [6, 6.07) is 72.3. The van der Waals surface area contributed by atoms with Crippen molar-refractivity contribution in [1.29, 1.82) is 0 Å². The Morgan fingerprint density at radius 1 is 0.400 bits per heavy atom. The summed E-state index contributed by atoms with van der Waals surface area (Å²) in [4.78, 5) is 18.4. The first-order chi connectivity index (χ1) is 29.8. The zero-order valence-electron chi connectivity index (χ0n) is 32.5. The molecule has 282 valence electrons. The number of H-pyrrole nitrogens is 1. The second kappa shape index (κ2) is 14.9. The third-order valence-corrected chi connectivity index (χ3v) is 11.2. The number of rotatable bonds is 8. The molecule has 4 heterocycles. The second-order valence-electron chi connectivity index (χ2n) is 14.8. The minimum Gasteiger partial charge on any atom is -0.276 e. The van der Waals surface area contributed by atoms with Crippen LogP contribution in [0.2, 0.25) is 0 Å². The Morgan fingerprint density at radius 2 is 0.917 bits per heavy atom. The van der Waals surface area contributed by atoms with Gasteiger partial charge in [0.25, 0.3) is 0 Å². The van der Waals surface area contributed by atoms with Gasteiger partial charge in [-0.05, 0) is 81.9 Å². The lowest BCUT2D eigenvalue weighted by molar-refractivity contribution is -0.556. The van der Waals surface area contributed by atoms with Crippen LogP contribution in [0.15, 0.2) is 219 Å². The quantitative estimate of drug-likeness (QED) is 0.157. The van der Waals surface area contributed by atoms with Crippen LogP contribution < -0.4 is 4.57 Å². The molecule has 0 aliphatic carbocycles. The molecule has 0 saturated heterocycles. The van der Waals surface area contributed by atoms with Gasteiger partial charge in [-0.2, -0.15) is 4.57 Å². The van der Waals surface area contributed by atoms with Crippen LogP contribution in [0.1, 0.15) is 0 Å². The van der Waals surface area contributed by atoms with Crippen LogP contribution in [0.4, 0.5) is 0 Å². The number of fused-ring (bicyclic) bond motifs is 2. The first-order valence-corrected chi connectivity index (χ1v) is 20.1. The lowest BCUT2D eigenvalue weighted by Crippen LogP contribution is -2.33. The Hall–Kier alpha value is -8.22. The molecule has 0 bridgehead atoms. The molecule has 1 N–H and O–H groups in total. The lowest BCUT2D eigenvalue weighted by Gasteiger charge is -2.14. The van der Waals surface area contributed by atoms with E-state index in [2.05, 4.69) is 196 Å². The number of aromatic nitrogens is 6. The minimum atomic E-state index is 0.828. The smallest absolute Gasteiger partial charge is 0.276 e. The van der Waals surface area contributed by atoms with E-state index < -0.39 is 0 Å². The maximum Gasteiger partial charge on any atom is 0.307 e. The maximum absolute atomic E-state index is 5.11. The second-order valence-corrected chi connectivity index (χ2v) is 14.8. The van der Waals surface area contributed by atoms with Crippen molar-refractivity contribution in [1.82, 2.24) is 24.5 Å². The summed E-state index contributed by atoms with van der Waals surface area (Å²) in [5.74, 6) is 1.83. The summed E-state index contributed by atoms with van der Waals surface area (Å²) in [5, 5.41) is 0. The van der Waals surface area contributed by atoms with Gasteiger partial charge in [-0.1, -0.05) is 158 Å². The molecule has 6 heteroatoms. The van der Waals surface area contributed by atoms with Crippen LogP contribution in [-0.2, 0) is 0 Å². The summed E-state index contributed by atoms with van der Waals surface area (Å²) < 4.78 is 4.42. The van der Waals surface area contributed by atoms with Crippen molar-refractivity contribution in [2.45, 2.75) is 0 Å². The molecule has 0 aliphatic heterocycles. The van der Waals surface area contributed by atoms with Gasteiger partial charge in [-0.15, -0.1) is 4.98 Å². The molecule has 0 radical (unpaired) electrons. The Balaban J connectivity index is 0.893. The predicted octanol–water partition coefficient (Wildman–Crippen LogP) is 12.6. The molecule has 7 aromatic carbocycles. The molecule has 6 nitrogen and oxygen atoms in total. The first kappa shape index (κ1) is 35.0. The van der Waals surface area contributed by atoms with Crippen LogP contribution >= 0.6 is 0 Å². The predicted molar refractivity (Wildman–Crippen MR) is 243 cm³/mol. The van der Waals surface area contributed by atoms with Crippen molar-refractivity contribution < 1.29 is 4.57 Å². The van der Waals surface area contributed by atoms with E-state index in [0.29, 0.717) is 0 Å². The standard InChI is InChI=1S/C54H36N6/c1-3-13-41(14-4-1)45-17-7-9-21-49(45)59-51(57-47-19-11-35-55-53(47)59)43-31-27-39(28-32-43)37-23-25-38(26-24-37)40-29-33-44(34-30-40)52-58-48-20-12-36-56-54(48)60(52)50-22-10-8-18-46(50)42-15-5-2-6-16-42/h1-36H/p+1. The topological polar surface area (TPSA) is 63.3 Å². The Kier molecular flexibility index (Phi) is 8.71. The third kappa shape index (κ3) is 6.24. The van der Waals surface area contributed by atoms with E-state index in [9.17, 15) is 0 Å². The summed E-state index contributed by atoms with van der Waals surface area (Å²) in [6.07, 6.45) is 3.69. The number of benzene rings is 7. The molecule has 11 rings (SSSR count). The average molecular weight is 770 g/mol. The number of nitrogens with one attached hydrogen (secondary N) is 1. The molecule has 60 heavy (non-hydrogen) atoms. The molecule has 0 unspecified atom stereocenters. The number of pyridine rings is 2. The monoisotopic (exact) mass is 769 g/mol. The fraction of sp³-hybridized carbons (Fsp3) is 0. The van der Waals surface area contributed by atoms with Gasteiger partial charge in [0, 0.05) is 28.5 Å². The molecular formula is C54H37N6+. The van der Waals surface area contributed by atoms with Crippen LogP contribution in [0.5, 0.6) is 0 Å². The van der Waals surface area contributed by atoms with Gasteiger partial charge in [-0.3, -0.25) is 9.55 Å². The number of aromatic amines is 1. The van der Waals surface area contributed by atoms with E-state index in [-0.39, 0.29) is 0 Å². The third-order valence-electron chi connectivity index (χ3n) is 11.2. The van der Waals surface area contributed by atoms with Crippen molar-refractivity contribution in [3.05, 3.63) is 219 Å². The van der Waals surface area contributed by atoms with E-state index in [0.717, 1.165) is 101 Å². The normalized spacial score (nSPS) is 11.3. The number of para-hydroxylation sites is 2. The van der Waals surface area contributed by atoms with Crippen molar-refractivity contribution in [3.8, 4) is 78.7 Å². The van der Waals surface area contributed by atoms with Gasteiger partial charge < -0.3 is 0 Å². The summed E-state index contributed by atoms with van der Waals surface area (Å²) in [5.41, 5.74) is 16.9. The van der Waals surface area contributed by atoms with E-state index in [1.165, 1.54) is 0 Å². The average Bonchev–Trinajstić information content (AvgIpc) is 3.92. The fourth-order valence-electron chi connectivity index (χ4n) is 8.28. The van der Waals surface area contributed by atoms with Gasteiger partial charge in [0.15, 0.2) is 11.2 Å². The van der Waals surface area contributed by atoms with Gasteiger partial charge in [0.05, 0.1) is 5.69 Å². The first-order valence-electron chi connectivity index (χ1n) is 20.1. The number of nitrogens with zero attached hydrogens (tertiary/aromatic N) is 5. The molecule has 0 atom stereocenters. The SMILES string of the molecule is c1ccc(-c2ccccc2-n2c(-c3ccc(-c4ccc(-c5ccc(-c6[nH]c7cccnc7[n+]6-c6ccccc6-c6ccccc6)cc5)cc4)cc3)nc3cccnc32)cc1. The van der Waals surface area contributed by atoms with Crippen LogP contribution in [-0.4, -0.2) is 24.5 Å². The maximum atomic E-state index is 5.11. The highest BCUT2D eigenvalue weighted by molar-refractivity contribution is 5.85. The molecule has 4 aromatic heterocycles. The number of hydrogen-bond acceptors (Lipinski definition) is 3. The van der Waals surface area contributed by atoms with Crippen molar-refractivity contribution >= 4 is 22.3 Å². The Morgan fingerprint density at radius 3 is 1.58 bits per heavy atom. The molecule has 11 aromatic rings. The highest BCUT2D eigenvalue weighted by Crippen LogP contribution is 2.35. The molecule has 0 amide bonds. The molecule has 0 spiro atoms. The van der Waals surface area contributed by atoms with Crippen LogP contribution in [0.3, 0.4) is 0 Å². The van der Waals surface area contributed by atoms with Crippen molar-refractivity contribution in [2.24, 2.45) is 0 Å². The molecular weight excluding hydrogens is 733 g/mol. The van der Waals surface area contributed by atoms with E-state index in [1.807, 2.05) is 36.7 Å². The molecule has 0 saturated carbocycles. The van der Waals surface area contributed by atoms with E-state index in [4.69, 9.17) is 15.0 Å². The van der Waals surface area contributed by atoms with E-state index >= 15 is 0 Å². The minimum absolute atomic E-state index is 0.828. The Labute approximate surface area is 347 Å². The zero-order chi connectivity index (χ0) is 39.8. The number of imidazole rings is 2. The van der Waals surface area contributed by atoms with Crippen molar-refractivity contribution in [2.75, 3.05) is 0 Å². The highest BCUT2D eigenvalue weighted by Gasteiger charge is 2.24. The van der Waals surface area contributed by atoms with Gasteiger partial charge in [0.1, 0.15) is 23.2 Å². The summed E-state index contributed by atoms with van der Waals surface area (Å²) >= 11 is 0. The van der Waals surface area contributed by atoms with Gasteiger partial charge >= 0.3 is 5.65 Å². The number of hydrogen-bond donors (Lipinski definition) is 1. The van der Waals surface area contributed by atoms with E-state index in [1.54, 1.807) is 0 Å². The van der Waals surface area contributed by atoms with Crippen LogP contribution in [0, 0.1) is 0 Å². The largest absolute Gasteiger partial charge is 0.307 e. The van der Waals surface area contributed by atoms with Gasteiger partial charge in [-0.25, -0.2) is 9.97 Å².